The number of benzene rings is 1. The van der Waals surface area contributed by atoms with Crippen molar-refractivity contribution in [2.75, 3.05) is 20.8 Å². The largest absolute Gasteiger partial charge is 0.497 e. The second kappa shape index (κ2) is 7.02. The lowest BCUT2D eigenvalue weighted by molar-refractivity contribution is 0.102. The van der Waals surface area contributed by atoms with Gasteiger partial charge in [-0.25, -0.2) is 0 Å². The summed E-state index contributed by atoms with van der Waals surface area (Å²) in [7, 11) is 3.26. The highest BCUT2D eigenvalue weighted by Gasteiger charge is 2.13. The lowest BCUT2D eigenvalue weighted by Crippen LogP contribution is -2.24. The normalized spacial score (nSPS) is 12.3. The summed E-state index contributed by atoms with van der Waals surface area (Å²) in [5, 5.41) is 3.97. The third kappa shape index (κ3) is 3.79. The first-order valence-electron chi connectivity index (χ1n) is 6.42. The molecular weight excluding hydrogens is 258 g/mol. The highest BCUT2D eigenvalue weighted by molar-refractivity contribution is 5.30. The topological polar surface area (TPSA) is 83.4 Å². The van der Waals surface area contributed by atoms with Crippen molar-refractivity contribution in [3.8, 4) is 5.75 Å². The van der Waals surface area contributed by atoms with Crippen molar-refractivity contribution in [1.29, 1.82) is 0 Å². The molecule has 2 N–H and O–H groups in total. The summed E-state index contributed by atoms with van der Waals surface area (Å²) in [6.45, 7) is 0.421. The van der Waals surface area contributed by atoms with E-state index in [0.29, 0.717) is 31.1 Å². The van der Waals surface area contributed by atoms with Gasteiger partial charge in [-0.3, -0.25) is 0 Å². The van der Waals surface area contributed by atoms with Gasteiger partial charge in [-0.2, -0.15) is 4.98 Å². The average Bonchev–Trinajstić information content (AvgIpc) is 2.92. The third-order valence-corrected chi connectivity index (χ3v) is 3.01. The molecule has 2 rings (SSSR count). The molecule has 0 aliphatic heterocycles. The minimum Gasteiger partial charge on any atom is -0.497 e. The molecule has 108 valence electrons. The predicted molar refractivity (Wildman–Crippen MR) is 73.7 cm³/mol. The van der Waals surface area contributed by atoms with E-state index < -0.39 is 0 Å². The molecule has 0 saturated carbocycles. The molecule has 0 fully saturated rings. The van der Waals surface area contributed by atoms with Crippen LogP contribution in [0.15, 0.2) is 28.8 Å². The van der Waals surface area contributed by atoms with E-state index in [1.165, 1.54) is 0 Å². The number of ether oxygens (including phenoxy) is 2. The molecule has 0 saturated heterocycles. The van der Waals surface area contributed by atoms with Gasteiger partial charge in [0.05, 0.1) is 19.6 Å². The molecule has 0 spiro atoms. The van der Waals surface area contributed by atoms with Gasteiger partial charge in [-0.05, 0) is 17.7 Å². The summed E-state index contributed by atoms with van der Waals surface area (Å²) in [5.74, 6) is 1.99. The van der Waals surface area contributed by atoms with Gasteiger partial charge in [0.15, 0.2) is 5.82 Å². The number of hydrogen-bond acceptors (Lipinski definition) is 6. The van der Waals surface area contributed by atoms with Crippen molar-refractivity contribution in [2.45, 2.75) is 18.9 Å². The molecule has 0 radical (unpaired) electrons. The van der Waals surface area contributed by atoms with Crippen LogP contribution in [0.4, 0.5) is 0 Å². The molecule has 6 heteroatoms. The Kier molecular flexibility index (Phi) is 5.09. The molecule has 1 heterocycles. The van der Waals surface area contributed by atoms with Gasteiger partial charge in [0.25, 0.3) is 0 Å². The number of hydrogen-bond donors (Lipinski definition) is 1. The van der Waals surface area contributed by atoms with E-state index in [1.807, 2.05) is 24.3 Å². The van der Waals surface area contributed by atoms with E-state index in [-0.39, 0.29) is 6.10 Å². The minimum absolute atomic E-state index is 0.0971. The van der Waals surface area contributed by atoms with Crippen LogP contribution in [0.3, 0.4) is 0 Å². The first-order valence-corrected chi connectivity index (χ1v) is 6.42. The Morgan fingerprint density at radius 1 is 1.35 bits per heavy atom. The Bertz CT molecular complexity index is 538. The van der Waals surface area contributed by atoms with Crippen LogP contribution in [0.5, 0.6) is 5.75 Å². The van der Waals surface area contributed by atoms with Crippen LogP contribution >= 0.6 is 0 Å². The molecule has 1 atom stereocenters. The van der Waals surface area contributed by atoms with Gasteiger partial charge >= 0.3 is 0 Å². The van der Waals surface area contributed by atoms with Crippen LogP contribution < -0.4 is 10.5 Å². The molecule has 0 aliphatic carbocycles. The molecule has 1 unspecified atom stereocenters. The third-order valence-electron chi connectivity index (χ3n) is 3.01. The highest BCUT2D eigenvalue weighted by Crippen LogP contribution is 2.15. The van der Waals surface area contributed by atoms with Gasteiger partial charge in [-0.15, -0.1) is 0 Å². The Morgan fingerprint density at radius 3 is 2.90 bits per heavy atom. The Hall–Kier alpha value is -1.92. The van der Waals surface area contributed by atoms with Crippen molar-refractivity contribution in [2.24, 2.45) is 5.73 Å². The van der Waals surface area contributed by atoms with Gasteiger partial charge in [0.2, 0.25) is 5.89 Å². The van der Waals surface area contributed by atoms with Crippen LogP contribution in [0.25, 0.3) is 0 Å². The summed E-state index contributed by atoms with van der Waals surface area (Å²) in [6.07, 6.45) is 1.03. The molecule has 0 aliphatic rings. The fourth-order valence-corrected chi connectivity index (χ4v) is 1.87. The standard InChI is InChI=1S/C14H19N3O3/c1-18-11-5-3-4-10(6-11)7-13-16-14(20-17-13)8-12(9-15)19-2/h3-6,12H,7-9,15H2,1-2H3. The first-order chi connectivity index (χ1) is 9.75. The smallest absolute Gasteiger partial charge is 0.229 e. The van der Waals surface area contributed by atoms with Gasteiger partial charge in [0.1, 0.15) is 5.75 Å². The Morgan fingerprint density at radius 2 is 2.20 bits per heavy atom. The Balaban J connectivity index is 2.01. The second-order valence-corrected chi connectivity index (χ2v) is 4.43. The summed E-state index contributed by atoms with van der Waals surface area (Å²) in [5.41, 5.74) is 6.63. The zero-order valence-corrected chi connectivity index (χ0v) is 11.7. The summed E-state index contributed by atoms with van der Waals surface area (Å²) in [4.78, 5) is 4.34. The maximum Gasteiger partial charge on any atom is 0.229 e. The van der Waals surface area contributed by atoms with Crippen LogP contribution in [0, 0.1) is 0 Å². The van der Waals surface area contributed by atoms with Crippen LogP contribution in [0.2, 0.25) is 0 Å². The summed E-state index contributed by atoms with van der Waals surface area (Å²) in [6, 6.07) is 7.78. The lowest BCUT2D eigenvalue weighted by Gasteiger charge is -2.08. The van der Waals surface area contributed by atoms with Gasteiger partial charge < -0.3 is 19.7 Å². The maximum atomic E-state index is 5.56. The molecule has 0 amide bonds. The van der Waals surface area contributed by atoms with Crippen molar-refractivity contribution in [3.05, 3.63) is 41.5 Å². The molecular formula is C14H19N3O3. The number of aromatic nitrogens is 2. The van der Waals surface area contributed by atoms with E-state index in [9.17, 15) is 0 Å². The van der Waals surface area contributed by atoms with Gasteiger partial charge in [0, 0.05) is 20.1 Å². The van der Waals surface area contributed by atoms with E-state index in [1.54, 1.807) is 14.2 Å². The lowest BCUT2D eigenvalue weighted by atomic mass is 10.1. The molecule has 1 aromatic carbocycles. The predicted octanol–water partition coefficient (Wildman–Crippen LogP) is 1.19. The molecule has 6 nitrogen and oxygen atoms in total. The van der Waals surface area contributed by atoms with Crippen molar-refractivity contribution in [3.63, 3.8) is 0 Å². The van der Waals surface area contributed by atoms with E-state index in [2.05, 4.69) is 10.1 Å². The average molecular weight is 277 g/mol. The fraction of sp³-hybridized carbons (Fsp3) is 0.429. The van der Waals surface area contributed by atoms with Crippen LogP contribution in [-0.2, 0) is 17.6 Å². The van der Waals surface area contributed by atoms with E-state index >= 15 is 0 Å². The van der Waals surface area contributed by atoms with Crippen molar-refractivity contribution in [1.82, 2.24) is 10.1 Å². The highest BCUT2D eigenvalue weighted by atomic mass is 16.5. The number of nitrogens with two attached hydrogens (primary N) is 1. The number of rotatable bonds is 7. The van der Waals surface area contributed by atoms with Gasteiger partial charge in [-0.1, -0.05) is 17.3 Å². The fourth-order valence-electron chi connectivity index (χ4n) is 1.87. The molecule has 20 heavy (non-hydrogen) atoms. The number of nitrogens with zero attached hydrogens (tertiary/aromatic N) is 2. The summed E-state index contributed by atoms with van der Waals surface area (Å²) < 4.78 is 15.6. The number of methoxy groups -OCH3 is 2. The monoisotopic (exact) mass is 277 g/mol. The van der Waals surface area contributed by atoms with Crippen molar-refractivity contribution < 1.29 is 14.0 Å². The first kappa shape index (κ1) is 14.5. The van der Waals surface area contributed by atoms with E-state index in [0.717, 1.165) is 11.3 Å². The quantitative estimate of drug-likeness (QED) is 0.818. The zero-order valence-electron chi connectivity index (χ0n) is 11.7. The van der Waals surface area contributed by atoms with Crippen LogP contribution in [0.1, 0.15) is 17.3 Å². The maximum absolute atomic E-state index is 5.56. The van der Waals surface area contributed by atoms with Crippen molar-refractivity contribution >= 4 is 0 Å². The zero-order chi connectivity index (χ0) is 14.4. The summed E-state index contributed by atoms with van der Waals surface area (Å²) >= 11 is 0. The SMILES string of the molecule is COc1cccc(Cc2noc(CC(CN)OC)n2)c1. The second-order valence-electron chi connectivity index (χ2n) is 4.43. The van der Waals surface area contributed by atoms with Crippen LogP contribution in [-0.4, -0.2) is 37.0 Å². The molecule has 2 aromatic rings. The minimum atomic E-state index is -0.0971. The molecule has 1 aromatic heterocycles. The van der Waals surface area contributed by atoms with E-state index in [4.69, 9.17) is 19.7 Å². The molecule has 0 bridgehead atoms. The Labute approximate surface area is 117 Å².